The van der Waals surface area contributed by atoms with Crippen LogP contribution >= 0.6 is 0 Å². The van der Waals surface area contributed by atoms with Gasteiger partial charge in [0.1, 0.15) is 11.5 Å². The van der Waals surface area contributed by atoms with Gasteiger partial charge in [-0.1, -0.05) is 6.58 Å². The lowest BCUT2D eigenvalue weighted by molar-refractivity contribution is 0.231. The van der Waals surface area contributed by atoms with Gasteiger partial charge in [-0.05, 0) is 6.92 Å². The summed E-state index contributed by atoms with van der Waals surface area (Å²) in [6.07, 6.45) is 0. The van der Waals surface area contributed by atoms with Crippen LogP contribution in [0.1, 0.15) is 6.92 Å². The van der Waals surface area contributed by atoms with Crippen molar-refractivity contribution in [3.63, 3.8) is 0 Å². The zero-order chi connectivity index (χ0) is 16.9. The Labute approximate surface area is 120 Å². The molecule has 0 radical (unpaired) electrons. The Bertz CT molecular complexity index is 985. The van der Waals surface area contributed by atoms with E-state index in [9.17, 15) is 39.6 Å². The van der Waals surface area contributed by atoms with Crippen molar-refractivity contribution in [2.75, 3.05) is 0 Å². The van der Waals surface area contributed by atoms with E-state index in [-0.39, 0.29) is 0 Å². The zero-order valence-electron chi connectivity index (χ0n) is 11.2. The molecule has 0 bridgehead atoms. The molecule has 0 fully saturated rings. The lowest BCUT2D eigenvalue weighted by Crippen LogP contribution is -2.64. The Morgan fingerprint density at radius 2 is 1.14 bits per heavy atom. The van der Waals surface area contributed by atoms with Crippen LogP contribution in [0.15, 0.2) is 42.2 Å². The number of aliphatic hydroxyl groups is 4. The maximum Gasteiger partial charge on any atom is 0.238 e. The molecule has 22 heavy (non-hydrogen) atoms. The molecule has 2 rings (SSSR count). The summed E-state index contributed by atoms with van der Waals surface area (Å²) >= 11 is 0. The van der Waals surface area contributed by atoms with Gasteiger partial charge in [-0.2, -0.15) is 0 Å². The van der Waals surface area contributed by atoms with Gasteiger partial charge in [0, 0.05) is 0 Å². The first-order chi connectivity index (χ1) is 10.1. The maximum atomic E-state index is 11.9. The van der Waals surface area contributed by atoms with E-state index in [4.69, 9.17) is 0 Å². The van der Waals surface area contributed by atoms with Crippen molar-refractivity contribution in [3.8, 4) is 0 Å². The standard InChI is InChI=1S/C14H10O8/c1-3-7(15)11(19)5(12(20)8(3)16)6-13(21)9(17)4(2)10(18)14(6)22/h4,17-18,21-22H,1H2,2H3. The quantitative estimate of drug-likeness (QED) is 0.397. The molecule has 8 nitrogen and oxygen atoms in total. The Kier molecular flexibility index (Phi) is 3.25. The van der Waals surface area contributed by atoms with Crippen LogP contribution in [0.2, 0.25) is 0 Å². The predicted octanol–water partition coefficient (Wildman–Crippen LogP) is -2.13. The summed E-state index contributed by atoms with van der Waals surface area (Å²) in [4.78, 5) is 47.0. The van der Waals surface area contributed by atoms with Crippen LogP contribution in [-0.4, -0.2) is 20.4 Å². The SMILES string of the molecule is C=c1c(=O)c(=O)c(=C2C(O)=C(O)C(C)C(O)=C2O)c(=O)c1=O. The van der Waals surface area contributed by atoms with E-state index < -0.39 is 66.7 Å². The Morgan fingerprint density at radius 1 is 0.773 bits per heavy atom. The summed E-state index contributed by atoms with van der Waals surface area (Å²) in [5.41, 5.74) is -6.65. The van der Waals surface area contributed by atoms with E-state index in [2.05, 4.69) is 6.58 Å². The fourth-order valence-corrected chi connectivity index (χ4v) is 2.08. The van der Waals surface area contributed by atoms with Gasteiger partial charge in [-0.25, -0.2) is 0 Å². The monoisotopic (exact) mass is 306 g/mol. The summed E-state index contributed by atoms with van der Waals surface area (Å²) in [5.74, 6) is -5.01. The van der Waals surface area contributed by atoms with Gasteiger partial charge in [-0.3, -0.25) is 19.2 Å². The number of hydrogen-bond donors (Lipinski definition) is 4. The molecular weight excluding hydrogens is 296 g/mol. The smallest absolute Gasteiger partial charge is 0.238 e. The minimum atomic E-state index is -1.47. The highest BCUT2D eigenvalue weighted by Crippen LogP contribution is 2.33. The number of benzene rings is 1. The Balaban J connectivity index is 3.30. The summed E-state index contributed by atoms with van der Waals surface area (Å²) in [7, 11) is 0. The maximum absolute atomic E-state index is 11.9. The van der Waals surface area contributed by atoms with Crippen molar-refractivity contribution in [1.82, 2.24) is 0 Å². The molecule has 8 heteroatoms. The van der Waals surface area contributed by atoms with Crippen molar-refractivity contribution < 1.29 is 20.4 Å². The normalized spacial score (nSPS) is 19.0. The molecule has 0 saturated heterocycles. The van der Waals surface area contributed by atoms with E-state index in [0.717, 1.165) is 0 Å². The van der Waals surface area contributed by atoms with Crippen LogP contribution in [0.25, 0.3) is 12.2 Å². The van der Waals surface area contributed by atoms with Gasteiger partial charge < -0.3 is 20.4 Å². The summed E-state index contributed by atoms with van der Waals surface area (Å²) in [5, 5.41) is 37.1. The Hall–Kier alpha value is -3.16. The molecule has 4 N–H and O–H groups in total. The molecule has 0 spiro atoms. The molecule has 1 aromatic carbocycles. The average molecular weight is 306 g/mol. The van der Waals surface area contributed by atoms with Crippen molar-refractivity contribution in [3.05, 3.63) is 74.4 Å². The molecule has 0 atom stereocenters. The summed E-state index contributed by atoms with van der Waals surface area (Å²) in [6, 6.07) is 0. The van der Waals surface area contributed by atoms with E-state index in [1.807, 2.05) is 0 Å². The Morgan fingerprint density at radius 3 is 1.50 bits per heavy atom. The lowest BCUT2D eigenvalue weighted by atomic mass is 9.92. The van der Waals surface area contributed by atoms with Gasteiger partial charge in [0.25, 0.3) is 0 Å². The number of hydrogen-bond acceptors (Lipinski definition) is 8. The molecule has 1 aromatic rings. The van der Waals surface area contributed by atoms with Gasteiger partial charge >= 0.3 is 0 Å². The van der Waals surface area contributed by atoms with Gasteiger partial charge in [0.05, 0.1) is 21.9 Å². The highest BCUT2D eigenvalue weighted by Gasteiger charge is 2.33. The zero-order valence-corrected chi connectivity index (χ0v) is 11.2. The molecule has 0 aromatic heterocycles. The molecule has 0 unspecified atom stereocenters. The molecule has 1 aliphatic rings. The lowest BCUT2D eigenvalue weighted by Gasteiger charge is -2.20. The van der Waals surface area contributed by atoms with Crippen molar-refractivity contribution >= 4 is 12.2 Å². The largest absolute Gasteiger partial charge is 0.508 e. The van der Waals surface area contributed by atoms with E-state index >= 15 is 0 Å². The minimum absolute atomic E-state index is 0.830. The molecule has 114 valence electrons. The first kappa shape index (κ1) is 15.2. The van der Waals surface area contributed by atoms with E-state index in [1.54, 1.807) is 0 Å². The van der Waals surface area contributed by atoms with Crippen LogP contribution < -0.4 is 32.2 Å². The highest BCUT2D eigenvalue weighted by molar-refractivity contribution is 5.76. The van der Waals surface area contributed by atoms with Gasteiger partial charge in [0.2, 0.25) is 21.7 Å². The fourth-order valence-electron chi connectivity index (χ4n) is 2.08. The van der Waals surface area contributed by atoms with Crippen LogP contribution in [0.5, 0.6) is 0 Å². The molecule has 0 saturated carbocycles. The first-order valence-electron chi connectivity index (χ1n) is 5.97. The summed E-state index contributed by atoms with van der Waals surface area (Å²) < 4.78 is 0. The van der Waals surface area contributed by atoms with Crippen LogP contribution in [0.4, 0.5) is 0 Å². The summed E-state index contributed by atoms with van der Waals surface area (Å²) in [6.45, 7) is 4.25. The van der Waals surface area contributed by atoms with Crippen molar-refractivity contribution in [1.29, 1.82) is 0 Å². The fraction of sp³-hybridized carbons (Fsp3) is 0.143. The average Bonchev–Trinajstić information content (AvgIpc) is 2.50. The third kappa shape index (κ3) is 1.77. The topological polar surface area (TPSA) is 149 Å². The van der Waals surface area contributed by atoms with E-state index in [0.29, 0.717) is 0 Å². The minimum Gasteiger partial charge on any atom is -0.508 e. The van der Waals surface area contributed by atoms with Crippen LogP contribution in [0.3, 0.4) is 0 Å². The molecular formula is C14H10O8. The third-order valence-corrected chi connectivity index (χ3v) is 3.44. The predicted molar refractivity (Wildman–Crippen MR) is 75.8 cm³/mol. The molecule has 0 aliphatic heterocycles. The van der Waals surface area contributed by atoms with Gasteiger partial charge in [0.15, 0.2) is 11.5 Å². The second kappa shape index (κ2) is 4.69. The molecule has 1 aliphatic carbocycles. The molecule has 0 amide bonds. The van der Waals surface area contributed by atoms with Crippen LogP contribution in [-0.2, 0) is 0 Å². The number of aliphatic hydroxyl groups excluding tert-OH is 4. The van der Waals surface area contributed by atoms with Crippen LogP contribution in [0, 0.1) is 5.92 Å². The molecule has 0 heterocycles. The van der Waals surface area contributed by atoms with Crippen molar-refractivity contribution in [2.24, 2.45) is 5.92 Å². The highest BCUT2D eigenvalue weighted by atomic mass is 16.3. The second-order valence-electron chi connectivity index (χ2n) is 4.73. The van der Waals surface area contributed by atoms with Gasteiger partial charge in [-0.15, -0.1) is 0 Å². The third-order valence-electron chi connectivity index (χ3n) is 3.44. The van der Waals surface area contributed by atoms with Crippen molar-refractivity contribution in [2.45, 2.75) is 6.92 Å². The number of rotatable bonds is 0. The first-order valence-corrected chi connectivity index (χ1v) is 5.97. The van der Waals surface area contributed by atoms with E-state index in [1.165, 1.54) is 6.92 Å². The second-order valence-corrected chi connectivity index (χ2v) is 4.73.